The Morgan fingerprint density at radius 1 is 1.22 bits per heavy atom. The number of nitrogens with one attached hydrogen (secondary N) is 1. The number of hydrogen-bond acceptors (Lipinski definition) is 3. The summed E-state index contributed by atoms with van der Waals surface area (Å²) in [6, 6.07) is 11.3. The minimum absolute atomic E-state index is 0.0621. The summed E-state index contributed by atoms with van der Waals surface area (Å²) >= 11 is 0. The summed E-state index contributed by atoms with van der Waals surface area (Å²) in [4.78, 5) is 29.9. The van der Waals surface area contributed by atoms with Gasteiger partial charge in [0.15, 0.2) is 0 Å². The zero-order chi connectivity index (χ0) is 16.1. The largest absolute Gasteiger partial charge is 0.324 e. The molecule has 1 saturated heterocycles. The molecule has 5 heteroatoms. The predicted octanol–water partition coefficient (Wildman–Crippen LogP) is 2.78. The summed E-state index contributed by atoms with van der Waals surface area (Å²) in [5, 5.41) is 2.92. The predicted molar refractivity (Wildman–Crippen MR) is 89.2 cm³/mol. The number of carbonyl (C=O) groups is 2. The van der Waals surface area contributed by atoms with E-state index in [1.165, 1.54) is 0 Å². The lowest BCUT2D eigenvalue weighted by atomic mass is 10.1. The molecule has 0 atom stereocenters. The number of anilines is 2. The summed E-state index contributed by atoms with van der Waals surface area (Å²) < 4.78 is 0. The first-order valence-electron chi connectivity index (χ1n) is 7.82. The summed E-state index contributed by atoms with van der Waals surface area (Å²) in [5.41, 5.74) is 2.51. The number of aromatic nitrogens is 1. The van der Waals surface area contributed by atoms with Gasteiger partial charge in [0.2, 0.25) is 11.8 Å². The molecule has 2 amide bonds. The molecule has 0 radical (unpaired) electrons. The zero-order valence-corrected chi connectivity index (χ0v) is 12.9. The van der Waals surface area contributed by atoms with Gasteiger partial charge in [-0.05, 0) is 36.6 Å². The van der Waals surface area contributed by atoms with Crippen LogP contribution in [0.3, 0.4) is 0 Å². The van der Waals surface area contributed by atoms with E-state index in [4.69, 9.17) is 0 Å². The lowest BCUT2D eigenvalue weighted by molar-refractivity contribution is -0.117. The molecule has 23 heavy (non-hydrogen) atoms. The minimum atomic E-state index is -0.0621. The Kier molecular flexibility index (Phi) is 4.66. The fourth-order valence-corrected chi connectivity index (χ4v) is 2.73. The second kappa shape index (κ2) is 7.05. The lowest BCUT2D eigenvalue weighted by Gasteiger charge is -2.20. The van der Waals surface area contributed by atoms with Crippen molar-refractivity contribution in [2.24, 2.45) is 0 Å². The molecule has 0 saturated carbocycles. The van der Waals surface area contributed by atoms with Crippen LogP contribution in [0.25, 0.3) is 0 Å². The van der Waals surface area contributed by atoms with Crippen LogP contribution in [0.15, 0.2) is 48.8 Å². The van der Waals surface area contributed by atoms with Crippen LogP contribution in [0, 0.1) is 0 Å². The van der Waals surface area contributed by atoms with Crippen molar-refractivity contribution >= 4 is 23.2 Å². The Labute approximate surface area is 135 Å². The maximum atomic E-state index is 12.2. The Morgan fingerprint density at radius 2 is 2.09 bits per heavy atom. The molecule has 5 nitrogen and oxygen atoms in total. The van der Waals surface area contributed by atoms with Gasteiger partial charge in [-0.25, -0.2) is 0 Å². The third-order valence-corrected chi connectivity index (χ3v) is 3.91. The van der Waals surface area contributed by atoms with Crippen LogP contribution in [0.2, 0.25) is 0 Å². The molecule has 0 unspecified atom stereocenters. The van der Waals surface area contributed by atoms with Gasteiger partial charge in [-0.3, -0.25) is 14.6 Å². The smallest absolute Gasteiger partial charge is 0.227 e. The molecule has 1 N–H and O–H groups in total. The van der Waals surface area contributed by atoms with Gasteiger partial charge in [0, 0.05) is 31.8 Å². The Balaban J connectivity index is 1.65. The van der Waals surface area contributed by atoms with Gasteiger partial charge in [0.25, 0.3) is 0 Å². The van der Waals surface area contributed by atoms with E-state index in [2.05, 4.69) is 10.3 Å². The molecule has 1 aliphatic rings. The normalized spacial score (nSPS) is 14.1. The standard InChI is InChI=1S/C18H19N3O2/c22-17(10-9-14-5-3-11-19-13-14)20-15-6-1-2-7-16(15)21-12-4-8-18(21)23/h1-3,5-7,11,13H,4,8-10,12H2,(H,20,22). The molecule has 3 rings (SSSR count). The van der Waals surface area contributed by atoms with E-state index in [1.807, 2.05) is 36.4 Å². The molecular formula is C18H19N3O2. The number of nitrogens with zero attached hydrogens (tertiary/aromatic N) is 2. The van der Waals surface area contributed by atoms with E-state index in [1.54, 1.807) is 17.3 Å². The van der Waals surface area contributed by atoms with Crippen molar-refractivity contribution in [2.75, 3.05) is 16.8 Å². The van der Waals surface area contributed by atoms with Gasteiger partial charge in [-0.15, -0.1) is 0 Å². The highest BCUT2D eigenvalue weighted by atomic mass is 16.2. The third-order valence-electron chi connectivity index (χ3n) is 3.91. The molecular weight excluding hydrogens is 290 g/mol. The maximum absolute atomic E-state index is 12.2. The van der Waals surface area contributed by atoms with Crippen LogP contribution >= 0.6 is 0 Å². The SMILES string of the molecule is O=C(CCc1cccnc1)Nc1ccccc1N1CCCC1=O. The van der Waals surface area contributed by atoms with Crippen LogP contribution in [0.5, 0.6) is 0 Å². The summed E-state index contributed by atoms with van der Waals surface area (Å²) in [6.07, 6.45) is 5.95. The third kappa shape index (κ3) is 3.74. The molecule has 2 heterocycles. The molecule has 1 aliphatic heterocycles. The zero-order valence-electron chi connectivity index (χ0n) is 12.9. The molecule has 2 aromatic rings. The maximum Gasteiger partial charge on any atom is 0.227 e. The van der Waals surface area contributed by atoms with E-state index in [-0.39, 0.29) is 11.8 Å². The van der Waals surface area contributed by atoms with Crippen LogP contribution < -0.4 is 10.2 Å². The van der Waals surface area contributed by atoms with Gasteiger partial charge >= 0.3 is 0 Å². The molecule has 1 aromatic heterocycles. The van der Waals surface area contributed by atoms with Crippen LogP contribution in [0.1, 0.15) is 24.8 Å². The minimum Gasteiger partial charge on any atom is -0.324 e. The molecule has 118 valence electrons. The lowest BCUT2D eigenvalue weighted by Crippen LogP contribution is -2.25. The average Bonchev–Trinajstić information content (AvgIpc) is 3.00. The Hall–Kier alpha value is -2.69. The number of benzene rings is 1. The fraction of sp³-hybridized carbons (Fsp3) is 0.278. The molecule has 1 aromatic carbocycles. The molecule has 0 spiro atoms. The first-order valence-corrected chi connectivity index (χ1v) is 7.82. The highest BCUT2D eigenvalue weighted by Gasteiger charge is 2.24. The van der Waals surface area contributed by atoms with Crippen molar-refractivity contribution in [1.29, 1.82) is 0 Å². The van der Waals surface area contributed by atoms with Gasteiger partial charge in [-0.1, -0.05) is 18.2 Å². The average molecular weight is 309 g/mol. The van der Waals surface area contributed by atoms with Crippen molar-refractivity contribution in [3.8, 4) is 0 Å². The van der Waals surface area contributed by atoms with E-state index in [9.17, 15) is 9.59 Å². The number of hydrogen-bond donors (Lipinski definition) is 1. The van der Waals surface area contributed by atoms with Gasteiger partial charge in [0.1, 0.15) is 0 Å². The number of pyridine rings is 1. The van der Waals surface area contributed by atoms with Gasteiger partial charge < -0.3 is 10.2 Å². The Morgan fingerprint density at radius 3 is 2.83 bits per heavy atom. The van der Waals surface area contributed by atoms with Crippen LogP contribution in [-0.4, -0.2) is 23.3 Å². The summed E-state index contributed by atoms with van der Waals surface area (Å²) in [7, 11) is 0. The van der Waals surface area contributed by atoms with Crippen LogP contribution in [0.4, 0.5) is 11.4 Å². The topological polar surface area (TPSA) is 62.3 Å². The van der Waals surface area contributed by atoms with E-state index in [0.717, 1.165) is 17.7 Å². The summed E-state index contributed by atoms with van der Waals surface area (Å²) in [5.74, 6) is 0.0509. The highest BCUT2D eigenvalue weighted by molar-refractivity contribution is 6.02. The van der Waals surface area contributed by atoms with Gasteiger partial charge in [0.05, 0.1) is 11.4 Å². The van der Waals surface area contributed by atoms with Crippen molar-refractivity contribution in [3.63, 3.8) is 0 Å². The molecule has 1 fully saturated rings. The first kappa shape index (κ1) is 15.2. The monoisotopic (exact) mass is 309 g/mol. The van der Waals surface area contributed by atoms with E-state index >= 15 is 0 Å². The highest BCUT2D eigenvalue weighted by Crippen LogP contribution is 2.29. The number of para-hydroxylation sites is 2. The van der Waals surface area contributed by atoms with Gasteiger partial charge in [-0.2, -0.15) is 0 Å². The number of amides is 2. The van der Waals surface area contributed by atoms with Crippen molar-refractivity contribution in [3.05, 3.63) is 54.4 Å². The second-order valence-corrected chi connectivity index (χ2v) is 5.58. The molecule has 0 aliphatic carbocycles. The van der Waals surface area contributed by atoms with Crippen molar-refractivity contribution < 1.29 is 9.59 Å². The first-order chi connectivity index (χ1) is 11.2. The molecule has 0 bridgehead atoms. The summed E-state index contributed by atoms with van der Waals surface area (Å²) in [6.45, 7) is 0.710. The second-order valence-electron chi connectivity index (χ2n) is 5.58. The van der Waals surface area contributed by atoms with Crippen LogP contribution in [-0.2, 0) is 16.0 Å². The fourth-order valence-electron chi connectivity index (χ4n) is 2.73. The quantitative estimate of drug-likeness (QED) is 0.924. The van der Waals surface area contributed by atoms with Crippen molar-refractivity contribution in [2.45, 2.75) is 25.7 Å². The van der Waals surface area contributed by atoms with E-state index < -0.39 is 0 Å². The van der Waals surface area contributed by atoms with E-state index in [0.29, 0.717) is 31.5 Å². The number of aryl methyl sites for hydroxylation is 1. The number of carbonyl (C=O) groups excluding carboxylic acids is 2. The number of rotatable bonds is 5. The Bertz CT molecular complexity index is 700. The van der Waals surface area contributed by atoms with Crippen molar-refractivity contribution in [1.82, 2.24) is 4.98 Å².